The maximum Gasteiger partial charge on any atom is 0.171 e. The number of fused-ring (bicyclic) bond motifs is 3. The molecule has 0 saturated heterocycles. The van der Waals surface area contributed by atoms with Crippen molar-refractivity contribution < 1.29 is 4.57 Å². The Morgan fingerprint density at radius 1 is 0.488 bits per heavy atom. The molecule has 0 unspecified atom stereocenters. The Balaban J connectivity index is 1.28. The number of imidazole rings is 1. The minimum absolute atomic E-state index is 0.830. The van der Waals surface area contributed by atoms with Gasteiger partial charge in [-0.25, -0.2) is 4.98 Å². The summed E-state index contributed by atoms with van der Waals surface area (Å²) in [6.07, 6.45) is 0. The second kappa shape index (κ2) is 9.30. The molecule has 0 saturated carbocycles. The van der Waals surface area contributed by atoms with Crippen LogP contribution >= 0.6 is 7.14 Å². The Hall–Kier alpha value is -4.98. The van der Waals surface area contributed by atoms with Crippen LogP contribution in [0.25, 0.3) is 49.8 Å². The summed E-state index contributed by atoms with van der Waals surface area (Å²) in [6.45, 7) is 0. The minimum atomic E-state index is -3.01. The van der Waals surface area contributed by atoms with E-state index in [2.05, 4.69) is 77.2 Å². The van der Waals surface area contributed by atoms with Crippen LogP contribution in [0.4, 0.5) is 0 Å². The van der Waals surface area contributed by atoms with Crippen molar-refractivity contribution >= 4 is 50.5 Å². The quantitative estimate of drug-likeness (QED) is 0.206. The van der Waals surface area contributed by atoms with Crippen LogP contribution in [0.15, 0.2) is 152 Å². The molecule has 3 aromatic heterocycles. The van der Waals surface area contributed by atoms with Crippen LogP contribution in [0.3, 0.4) is 0 Å². The van der Waals surface area contributed by atoms with Gasteiger partial charge in [0, 0.05) is 32.2 Å². The lowest BCUT2D eigenvalue weighted by Gasteiger charge is -2.20. The van der Waals surface area contributed by atoms with Gasteiger partial charge < -0.3 is 4.57 Å². The van der Waals surface area contributed by atoms with Crippen LogP contribution in [-0.2, 0) is 4.57 Å². The van der Waals surface area contributed by atoms with E-state index in [1.54, 1.807) is 0 Å². The Morgan fingerprint density at radius 2 is 1.07 bits per heavy atom. The molecule has 0 spiro atoms. The monoisotopic (exact) mass is 544 g/mol. The van der Waals surface area contributed by atoms with Gasteiger partial charge in [0.15, 0.2) is 7.14 Å². The van der Waals surface area contributed by atoms with E-state index < -0.39 is 7.14 Å². The molecule has 0 atom stereocenters. The molecule has 0 aliphatic carbocycles. The predicted molar refractivity (Wildman–Crippen MR) is 172 cm³/mol. The highest BCUT2D eigenvalue weighted by molar-refractivity contribution is 7.85. The van der Waals surface area contributed by atoms with E-state index in [4.69, 9.17) is 4.98 Å². The third-order valence-electron chi connectivity index (χ3n) is 8.05. The average Bonchev–Trinajstić information content (AvgIpc) is 3.61. The second-order valence-electron chi connectivity index (χ2n) is 10.4. The van der Waals surface area contributed by atoms with Crippen molar-refractivity contribution in [3.8, 4) is 22.4 Å². The molecule has 0 fully saturated rings. The Morgan fingerprint density at radius 3 is 1.73 bits per heavy atom. The van der Waals surface area contributed by atoms with Crippen LogP contribution < -0.4 is 15.9 Å². The van der Waals surface area contributed by atoms with E-state index in [1.165, 1.54) is 10.8 Å². The lowest BCUT2D eigenvalue weighted by atomic mass is 10.0. The highest BCUT2D eigenvalue weighted by Crippen LogP contribution is 2.43. The number of hydrogen-bond acceptors (Lipinski definition) is 2. The van der Waals surface area contributed by atoms with E-state index >= 15 is 0 Å². The number of hydrogen-bond donors (Lipinski definition) is 0. The van der Waals surface area contributed by atoms with Gasteiger partial charge in [-0.1, -0.05) is 133 Å². The summed E-state index contributed by atoms with van der Waals surface area (Å²) in [4.78, 5) is 5.02. The summed E-state index contributed by atoms with van der Waals surface area (Å²) in [5.74, 6) is 0. The molecular weight excluding hydrogens is 519 g/mol. The molecular formula is C37H25N2OP. The lowest BCUT2D eigenvalue weighted by Crippen LogP contribution is -2.24. The lowest BCUT2D eigenvalue weighted by molar-refractivity contribution is 0.592. The summed E-state index contributed by atoms with van der Waals surface area (Å²) in [7, 11) is -3.01. The number of rotatable bonds is 5. The first-order valence-corrected chi connectivity index (χ1v) is 15.5. The van der Waals surface area contributed by atoms with Gasteiger partial charge in [-0.15, -0.1) is 0 Å². The van der Waals surface area contributed by atoms with Crippen LogP contribution in [-0.4, -0.2) is 9.38 Å². The first-order chi connectivity index (χ1) is 20.2. The Bertz CT molecular complexity index is 2160. The first-order valence-electron chi connectivity index (χ1n) is 13.8. The van der Waals surface area contributed by atoms with Gasteiger partial charge in [0.25, 0.3) is 0 Å². The Labute approximate surface area is 238 Å². The zero-order valence-corrected chi connectivity index (χ0v) is 23.1. The summed E-state index contributed by atoms with van der Waals surface area (Å²) >= 11 is 0. The van der Waals surface area contributed by atoms with Crippen molar-refractivity contribution in [1.29, 1.82) is 0 Å². The van der Waals surface area contributed by atoms with Crippen LogP contribution in [0, 0.1) is 0 Å². The summed E-state index contributed by atoms with van der Waals surface area (Å²) < 4.78 is 17.1. The highest BCUT2D eigenvalue weighted by Gasteiger charge is 2.29. The molecule has 0 amide bonds. The minimum Gasteiger partial charge on any atom is -0.309 e. The largest absolute Gasteiger partial charge is 0.309 e. The Kier molecular flexibility index (Phi) is 5.41. The summed E-state index contributed by atoms with van der Waals surface area (Å²) in [5.41, 5.74) is 7.56. The third-order valence-corrected chi connectivity index (χ3v) is 11.1. The number of aromatic nitrogens is 2. The molecule has 41 heavy (non-hydrogen) atoms. The van der Waals surface area contributed by atoms with Crippen molar-refractivity contribution in [2.24, 2.45) is 0 Å². The number of pyridine rings is 1. The smallest absolute Gasteiger partial charge is 0.171 e. The highest BCUT2D eigenvalue weighted by atomic mass is 31.2. The van der Waals surface area contributed by atoms with Gasteiger partial charge in [-0.3, -0.25) is 4.40 Å². The van der Waals surface area contributed by atoms with E-state index in [0.717, 1.165) is 55.0 Å². The zero-order chi connectivity index (χ0) is 27.4. The summed E-state index contributed by atoms with van der Waals surface area (Å²) in [5, 5.41) is 4.90. The molecule has 0 aliphatic heterocycles. The standard InChI is InChI=1S/C37H25N2OP/c40-41(29-13-6-2-7-14-29,30-15-8-3-9-16-30)31-22-19-26(20-23-31)28-21-24-32-33(25-28)37-36(27-11-4-1-5-12-27)38-35-18-10-17-34(32)39(35)37/h1-25H. The fraction of sp³-hybridized carbons (Fsp3) is 0. The van der Waals surface area contributed by atoms with Crippen molar-refractivity contribution in [2.45, 2.75) is 0 Å². The fourth-order valence-corrected chi connectivity index (χ4v) is 8.73. The predicted octanol–water partition coefficient (Wildman–Crippen LogP) is 8.05. The molecule has 8 rings (SSSR count). The van der Waals surface area contributed by atoms with Gasteiger partial charge in [0.1, 0.15) is 5.65 Å². The van der Waals surface area contributed by atoms with E-state index in [9.17, 15) is 4.57 Å². The van der Waals surface area contributed by atoms with Gasteiger partial charge in [-0.05, 0) is 29.3 Å². The fourth-order valence-electron chi connectivity index (χ4n) is 6.08. The third kappa shape index (κ3) is 3.67. The van der Waals surface area contributed by atoms with Gasteiger partial charge in [0.05, 0.1) is 16.7 Å². The number of benzene rings is 5. The first kappa shape index (κ1) is 23.9. The normalized spacial score (nSPS) is 12.0. The van der Waals surface area contributed by atoms with Crippen molar-refractivity contribution in [2.75, 3.05) is 0 Å². The molecule has 4 heteroatoms. The molecule has 3 heterocycles. The SMILES string of the molecule is O=P(c1ccccc1)(c1ccccc1)c1ccc(-c2ccc3c(c2)c2c(-c4ccccc4)nc4cccc3n42)cc1. The van der Waals surface area contributed by atoms with Crippen LogP contribution in [0.5, 0.6) is 0 Å². The topological polar surface area (TPSA) is 34.4 Å². The van der Waals surface area contributed by atoms with Crippen molar-refractivity contribution in [1.82, 2.24) is 9.38 Å². The average molecular weight is 545 g/mol. The molecule has 194 valence electrons. The molecule has 5 aromatic carbocycles. The van der Waals surface area contributed by atoms with Gasteiger partial charge >= 0.3 is 0 Å². The zero-order valence-electron chi connectivity index (χ0n) is 22.2. The molecule has 8 aromatic rings. The maximum absolute atomic E-state index is 14.8. The van der Waals surface area contributed by atoms with Crippen molar-refractivity contribution in [3.63, 3.8) is 0 Å². The molecule has 0 bridgehead atoms. The number of nitrogens with zero attached hydrogens (tertiary/aromatic N) is 2. The van der Waals surface area contributed by atoms with Crippen LogP contribution in [0.1, 0.15) is 0 Å². The van der Waals surface area contributed by atoms with E-state index in [1.807, 2.05) is 78.9 Å². The van der Waals surface area contributed by atoms with E-state index in [-0.39, 0.29) is 0 Å². The van der Waals surface area contributed by atoms with Gasteiger partial charge in [-0.2, -0.15) is 0 Å². The molecule has 0 N–H and O–H groups in total. The molecule has 0 aliphatic rings. The second-order valence-corrected chi connectivity index (χ2v) is 13.1. The summed E-state index contributed by atoms with van der Waals surface area (Å²) in [6, 6.07) is 51.3. The van der Waals surface area contributed by atoms with Crippen molar-refractivity contribution in [3.05, 3.63) is 152 Å². The molecule has 3 nitrogen and oxygen atoms in total. The maximum atomic E-state index is 14.8. The van der Waals surface area contributed by atoms with Crippen LogP contribution in [0.2, 0.25) is 0 Å². The van der Waals surface area contributed by atoms with Gasteiger partial charge in [0.2, 0.25) is 0 Å². The molecule has 0 radical (unpaired) electrons. The van der Waals surface area contributed by atoms with E-state index in [0.29, 0.717) is 0 Å².